The van der Waals surface area contributed by atoms with Gasteiger partial charge in [0.05, 0.1) is 29.5 Å². The SMILES string of the molecule is O=C(c1ccc(Nc2cc(C3CC3)cn3c(-c4cn[nH]c4)cnc23)c(F)c1)N1CCNCC1. The van der Waals surface area contributed by atoms with E-state index in [0.29, 0.717) is 35.9 Å². The lowest BCUT2D eigenvalue weighted by Gasteiger charge is -2.27. The number of carbonyl (C=O) groups is 1. The Hall–Kier alpha value is -3.72. The minimum absolute atomic E-state index is 0.141. The van der Waals surface area contributed by atoms with Crippen molar-refractivity contribution in [2.24, 2.45) is 0 Å². The molecule has 1 aliphatic carbocycles. The van der Waals surface area contributed by atoms with Crippen molar-refractivity contribution in [1.29, 1.82) is 0 Å². The summed E-state index contributed by atoms with van der Waals surface area (Å²) in [4.78, 5) is 19.1. The summed E-state index contributed by atoms with van der Waals surface area (Å²) in [5, 5.41) is 13.3. The standard InChI is InChI=1S/C24H24FN7O/c25-19-9-16(24(33)31-7-5-26-6-8-31)3-4-20(19)30-21-10-17(15-1-2-15)14-32-22(13-27-23(21)32)18-11-28-29-12-18/h3-4,9-15,26,30H,1-2,5-8H2,(H,28,29). The third kappa shape index (κ3) is 3.74. The van der Waals surface area contributed by atoms with E-state index < -0.39 is 5.82 Å². The van der Waals surface area contributed by atoms with E-state index in [9.17, 15) is 4.79 Å². The summed E-state index contributed by atoms with van der Waals surface area (Å²) in [6.45, 7) is 2.77. The van der Waals surface area contributed by atoms with Crippen LogP contribution >= 0.6 is 0 Å². The average molecular weight is 446 g/mol. The van der Waals surface area contributed by atoms with Crippen LogP contribution in [0.2, 0.25) is 0 Å². The number of aromatic amines is 1. The number of H-pyrrole nitrogens is 1. The molecule has 0 unspecified atom stereocenters. The molecule has 0 radical (unpaired) electrons. The zero-order chi connectivity index (χ0) is 22.4. The minimum atomic E-state index is -0.465. The summed E-state index contributed by atoms with van der Waals surface area (Å²) in [7, 11) is 0. The summed E-state index contributed by atoms with van der Waals surface area (Å²) < 4.78 is 17.1. The number of pyridine rings is 1. The van der Waals surface area contributed by atoms with Crippen molar-refractivity contribution in [2.45, 2.75) is 18.8 Å². The molecule has 0 atom stereocenters. The predicted molar refractivity (Wildman–Crippen MR) is 123 cm³/mol. The molecule has 1 saturated heterocycles. The van der Waals surface area contributed by atoms with E-state index in [0.717, 1.165) is 42.9 Å². The zero-order valence-electron chi connectivity index (χ0n) is 18.0. The van der Waals surface area contributed by atoms with Gasteiger partial charge in [-0.2, -0.15) is 5.10 Å². The first-order chi connectivity index (χ1) is 16.2. The van der Waals surface area contributed by atoms with Gasteiger partial charge in [0, 0.05) is 49.7 Å². The smallest absolute Gasteiger partial charge is 0.254 e. The molecule has 4 heterocycles. The fourth-order valence-corrected chi connectivity index (χ4v) is 4.39. The van der Waals surface area contributed by atoms with E-state index >= 15 is 4.39 Å². The van der Waals surface area contributed by atoms with Gasteiger partial charge >= 0.3 is 0 Å². The number of anilines is 2. The molecular weight excluding hydrogens is 421 g/mol. The Kier molecular flexibility index (Phi) is 4.83. The van der Waals surface area contributed by atoms with Crippen molar-refractivity contribution in [2.75, 3.05) is 31.5 Å². The molecule has 0 spiro atoms. The molecule has 2 aliphatic rings. The Morgan fingerprint density at radius 1 is 1.12 bits per heavy atom. The molecule has 8 nitrogen and oxygen atoms in total. The number of halogens is 1. The van der Waals surface area contributed by atoms with Crippen LogP contribution in [-0.4, -0.2) is 56.6 Å². The maximum absolute atomic E-state index is 15.1. The summed E-state index contributed by atoms with van der Waals surface area (Å²) in [6.07, 6.45) is 9.80. The van der Waals surface area contributed by atoms with Crippen molar-refractivity contribution in [3.05, 3.63) is 66.0 Å². The van der Waals surface area contributed by atoms with Gasteiger partial charge in [0.1, 0.15) is 5.82 Å². The van der Waals surface area contributed by atoms with Crippen LogP contribution in [0.15, 0.2) is 49.1 Å². The molecule has 9 heteroatoms. The van der Waals surface area contributed by atoms with Crippen molar-refractivity contribution < 1.29 is 9.18 Å². The van der Waals surface area contributed by atoms with Gasteiger partial charge in [0.25, 0.3) is 5.91 Å². The van der Waals surface area contributed by atoms with Crippen LogP contribution in [0, 0.1) is 5.82 Å². The predicted octanol–water partition coefficient (Wildman–Crippen LogP) is 3.53. The molecule has 3 N–H and O–H groups in total. The molecular formula is C24H24FN7O. The monoisotopic (exact) mass is 445 g/mol. The quantitative estimate of drug-likeness (QED) is 0.437. The van der Waals surface area contributed by atoms with Gasteiger partial charge in [0.2, 0.25) is 0 Å². The minimum Gasteiger partial charge on any atom is -0.350 e. The highest BCUT2D eigenvalue weighted by molar-refractivity contribution is 5.95. The molecule has 2 fully saturated rings. The Labute approximate surface area is 189 Å². The third-order valence-electron chi connectivity index (χ3n) is 6.36. The Bertz CT molecular complexity index is 1320. The second kappa shape index (κ2) is 8.00. The lowest BCUT2D eigenvalue weighted by Crippen LogP contribution is -2.46. The fraction of sp³-hybridized carbons (Fsp3) is 0.292. The Morgan fingerprint density at radius 2 is 1.97 bits per heavy atom. The maximum atomic E-state index is 15.1. The van der Waals surface area contributed by atoms with E-state index in [1.807, 2.05) is 10.6 Å². The van der Waals surface area contributed by atoms with Crippen LogP contribution in [-0.2, 0) is 0 Å². The molecule has 4 aromatic rings. The molecule has 1 amide bonds. The molecule has 0 bridgehead atoms. The number of fused-ring (bicyclic) bond motifs is 1. The summed E-state index contributed by atoms with van der Waals surface area (Å²) in [6, 6.07) is 6.68. The van der Waals surface area contributed by atoms with Gasteiger partial charge in [-0.3, -0.25) is 14.3 Å². The van der Waals surface area contributed by atoms with Crippen LogP contribution in [0.4, 0.5) is 15.8 Å². The van der Waals surface area contributed by atoms with E-state index in [1.54, 1.807) is 29.4 Å². The van der Waals surface area contributed by atoms with Crippen LogP contribution in [0.1, 0.15) is 34.7 Å². The zero-order valence-corrected chi connectivity index (χ0v) is 18.0. The maximum Gasteiger partial charge on any atom is 0.254 e. The average Bonchev–Trinajstić information content (AvgIpc) is 3.38. The highest BCUT2D eigenvalue weighted by Crippen LogP contribution is 2.42. The van der Waals surface area contributed by atoms with Crippen LogP contribution in [0.5, 0.6) is 0 Å². The lowest BCUT2D eigenvalue weighted by molar-refractivity contribution is 0.0735. The Balaban J connectivity index is 1.34. The first-order valence-corrected chi connectivity index (χ1v) is 11.2. The molecule has 1 saturated carbocycles. The van der Waals surface area contributed by atoms with Crippen molar-refractivity contribution in [3.8, 4) is 11.3 Å². The largest absolute Gasteiger partial charge is 0.350 e. The van der Waals surface area contributed by atoms with Crippen molar-refractivity contribution in [1.82, 2.24) is 29.8 Å². The number of aromatic nitrogens is 4. The molecule has 168 valence electrons. The highest BCUT2D eigenvalue weighted by atomic mass is 19.1. The van der Waals surface area contributed by atoms with E-state index in [4.69, 9.17) is 0 Å². The first kappa shape index (κ1) is 19.9. The highest BCUT2D eigenvalue weighted by Gasteiger charge is 2.26. The number of carbonyl (C=O) groups excluding carboxylic acids is 1. The summed E-state index contributed by atoms with van der Waals surface area (Å²) in [5.41, 5.74) is 5.16. The number of benzene rings is 1. The van der Waals surface area contributed by atoms with E-state index in [-0.39, 0.29) is 5.91 Å². The lowest BCUT2D eigenvalue weighted by atomic mass is 10.1. The van der Waals surface area contributed by atoms with Crippen molar-refractivity contribution >= 4 is 22.9 Å². The van der Waals surface area contributed by atoms with Crippen LogP contribution in [0.3, 0.4) is 0 Å². The number of nitrogens with one attached hydrogen (secondary N) is 3. The number of piperazine rings is 1. The second-order valence-corrected chi connectivity index (χ2v) is 8.65. The van der Waals surface area contributed by atoms with Gasteiger partial charge in [-0.25, -0.2) is 9.37 Å². The number of hydrogen-bond donors (Lipinski definition) is 3. The van der Waals surface area contributed by atoms with E-state index in [1.165, 1.54) is 11.6 Å². The molecule has 3 aromatic heterocycles. The van der Waals surface area contributed by atoms with Gasteiger partial charge in [0.15, 0.2) is 5.65 Å². The number of nitrogens with zero attached hydrogens (tertiary/aromatic N) is 4. The first-order valence-electron chi connectivity index (χ1n) is 11.2. The number of rotatable bonds is 5. The van der Waals surface area contributed by atoms with Gasteiger partial charge in [-0.15, -0.1) is 0 Å². The summed E-state index contributed by atoms with van der Waals surface area (Å²) >= 11 is 0. The number of amides is 1. The molecule has 1 aliphatic heterocycles. The van der Waals surface area contributed by atoms with Crippen LogP contribution < -0.4 is 10.6 Å². The second-order valence-electron chi connectivity index (χ2n) is 8.65. The van der Waals surface area contributed by atoms with Gasteiger partial charge < -0.3 is 15.5 Å². The number of hydrogen-bond acceptors (Lipinski definition) is 5. The topological polar surface area (TPSA) is 90.4 Å². The Morgan fingerprint density at radius 3 is 2.70 bits per heavy atom. The molecule has 1 aromatic carbocycles. The molecule has 6 rings (SSSR count). The fourth-order valence-electron chi connectivity index (χ4n) is 4.39. The van der Waals surface area contributed by atoms with Crippen molar-refractivity contribution in [3.63, 3.8) is 0 Å². The van der Waals surface area contributed by atoms with Crippen LogP contribution in [0.25, 0.3) is 16.9 Å². The summed E-state index contributed by atoms with van der Waals surface area (Å²) in [5.74, 6) is -0.0934. The molecule has 33 heavy (non-hydrogen) atoms. The van der Waals surface area contributed by atoms with Gasteiger partial charge in [-0.1, -0.05) is 0 Å². The van der Waals surface area contributed by atoms with Gasteiger partial charge in [-0.05, 0) is 48.6 Å². The number of imidazole rings is 1. The normalized spacial score (nSPS) is 16.3. The third-order valence-corrected chi connectivity index (χ3v) is 6.36. The van der Waals surface area contributed by atoms with E-state index in [2.05, 4.69) is 38.1 Å².